The van der Waals surface area contributed by atoms with Crippen molar-refractivity contribution in [2.75, 3.05) is 7.11 Å². The van der Waals surface area contributed by atoms with Crippen LogP contribution >= 0.6 is 0 Å². The number of hydrogen-bond donors (Lipinski definition) is 1. The molecule has 0 aliphatic carbocycles. The number of nitrogens with zero attached hydrogens (tertiary/aromatic N) is 2. The summed E-state index contributed by atoms with van der Waals surface area (Å²) in [6, 6.07) is 20.0. The highest BCUT2D eigenvalue weighted by Crippen LogP contribution is 2.32. The van der Waals surface area contributed by atoms with Crippen LogP contribution in [0.15, 0.2) is 82.7 Å². The molecule has 0 fully saturated rings. The number of fused-ring (bicyclic) bond motifs is 1. The summed E-state index contributed by atoms with van der Waals surface area (Å²) >= 11 is 0. The molecule has 0 saturated carbocycles. The van der Waals surface area contributed by atoms with Crippen LogP contribution < -0.4 is 9.46 Å². The van der Waals surface area contributed by atoms with Crippen LogP contribution in [0.3, 0.4) is 0 Å². The predicted octanol–water partition coefficient (Wildman–Crippen LogP) is 3.43. The second-order valence-corrected chi connectivity index (χ2v) is 8.26. The summed E-state index contributed by atoms with van der Waals surface area (Å²) in [5.74, 6) is 0.835. The first-order chi connectivity index (χ1) is 14.4. The number of amidine groups is 1. The van der Waals surface area contributed by atoms with Crippen molar-refractivity contribution in [2.45, 2.75) is 10.9 Å². The molecule has 30 heavy (non-hydrogen) atoms. The number of ether oxygens (including phenoxy) is 1. The summed E-state index contributed by atoms with van der Waals surface area (Å²) in [6.07, 6.45) is 0. The molecule has 8 nitrogen and oxygen atoms in total. The Morgan fingerprint density at radius 3 is 2.30 bits per heavy atom. The molecule has 9 heteroatoms. The molecule has 0 amide bonds. The van der Waals surface area contributed by atoms with Crippen molar-refractivity contribution in [3.63, 3.8) is 0 Å². The third-order valence-electron chi connectivity index (χ3n) is 4.76. The number of rotatable bonds is 5. The second-order valence-electron chi connectivity index (χ2n) is 6.61. The van der Waals surface area contributed by atoms with Crippen molar-refractivity contribution in [2.24, 2.45) is 4.99 Å². The smallest absolute Gasteiger partial charge is 0.270 e. The summed E-state index contributed by atoms with van der Waals surface area (Å²) in [5, 5.41) is 11.0. The van der Waals surface area contributed by atoms with Crippen molar-refractivity contribution in [3.8, 4) is 5.75 Å². The maximum atomic E-state index is 12.5. The number of nitro benzene ring substituents is 1. The van der Waals surface area contributed by atoms with E-state index in [-0.39, 0.29) is 16.4 Å². The Morgan fingerprint density at radius 1 is 1.00 bits per heavy atom. The Morgan fingerprint density at radius 2 is 1.67 bits per heavy atom. The van der Waals surface area contributed by atoms with Gasteiger partial charge >= 0.3 is 0 Å². The molecule has 1 heterocycles. The maximum absolute atomic E-state index is 12.5. The normalized spacial score (nSPS) is 16.5. The number of hydrogen-bond acceptors (Lipinski definition) is 6. The van der Waals surface area contributed by atoms with Crippen LogP contribution in [0.1, 0.15) is 22.7 Å². The summed E-state index contributed by atoms with van der Waals surface area (Å²) in [4.78, 5) is 15.0. The van der Waals surface area contributed by atoms with Gasteiger partial charge in [0.25, 0.3) is 15.7 Å². The predicted molar refractivity (Wildman–Crippen MR) is 111 cm³/mol. The molecule has 152 valence electrons. The van der Waals surface area contributed by atoms with E-state index in [0.29, 0.717) is 11.3 Å². The molecule has 3 aromatic rings. The highest BCUT2D eigenvalue weighted by Gasteiger charge is 2.33. The summed E-state index contributed by atoms with van der Waals surface area (Å²) in [7, 11) is -2.36. The van der Waals surface area contributed by atoms with Gasteiger partial charge in [0.2, 0.25) is 0 Å². The molecule has 0 radical (unpaired) electrons. The Balaban J connectivity index is 1.84. The fraction of sp³-hybridized carbons (Fsp3) is 0.0952. The number of aliphatic imine (C=N–C) groups is 1. The minimum atomic E-state index is -3.94. The SMILES string of the molecule is COc1ccc([C@H](N=C2NS(=O)(=O)c3cc([N+](=O)[O-])ccc32)c2ccccc2)cc1. The van der Waals surface area contributed by atoms with E-state index in [0.717, 1.165) is 17.2 Å². The molecule has 0 bridgehead atoms. The van der Waals surface area contributed by atoms with Crippen molar-refractivity contribution in [1.29, 1.82) is 0 Å². The number of sulfonamides is 1. The van der Waals surface area contributed by atoms with E-state index in [2.05, 4.69) is 4.72 Å². The van der Waals surface area contributed by atoms with Gasteiger partial charge in [-0.3, -0.25) is 19.8 Å². The lowest BCUT2D eigenvalue weighted by molar-refractivity contribution is -0.385. The molecule has 1 aliphatic heterocycles. The Labute approximate surface area is 173 Å². The molecule has 0 saturated heterocycles. The number of nitro groups is 1. The van der Waals surface area contributed by atoms with Gasteiger partial charge in [0, 0.05) is 17.7 Å². The fourth-order valence-corrected chi connectivity index (χ4v) is 4.53. The van der Waals surface area contributed by atoms with Crippen LogP contribution in [-0.4, -0.2) is 26.3 Å². The number of benzene rings is 3. The van der Waals surface area contributed by atoms with E-state index in [4.69, 9.17) is 9.73 Å². The van der Waals surface area contributed by atoms with Crippen molar-refractivity contribution >= 4 is 21.5 Å². The standard InChI is InChI=1S/C21H17N3O5S/c1-29-17-10-7-15(8-11-17)20(14-5-3-2-4-6-14)22-21-18-12-9-16(24(25)26)13-19(18)30(27,28)23-21/h2-13,20H,1H3,(H,22,23)/t20-/m1/s1. The second kappa shape index (κ2) is 7.60. The Bertz CT molecular complexity index is 1240. The molecule has 4 rings (SSSR count). The van der Waals surface area contributed by atoms with Crippen molar-refractivity contribution in [1.82, 2.24) is 4.72 Å². The quantitative estimate of drug-likeness (QED) is 0.499. The van der Waals surface area contributed by atoms with Crippen molar-refractivity contribution in [3.05, 3.63) is 99.6 Å². The molecular formula is C21H17N3O5S. The lowest BCUT2D eigenvalue weighted by Gasteiger charge is -2.15. The minimum absolute atomic E-state index is 0.143. The van der Waals surface area contributed by atoms with E-state index in [1.54, 1.807) is 7.11 Å². The molecule has 0 aromatic heterocycles. The third kappa shape index (κ3) is 3.62. The highest BCUT2D eigenvalue weighted by molar-refractivity contribution is 7.90. The van der Waals surface area contributed by atoms with Gasteiger partial charge in [-0.2, -0.15) is 0 Å². The minimum Gasteiger partial charge on any atom is -0.497 e. The monoisotopic (exact) mass is 423 g/mol. The molecule has 1 aliphatic rings. The van der Waals surface area contributed by atoms with Crippen LogP contribution in [0.2, 0.25) is 0 Å². The average molecular weight is 423 g/mol. The lowest BCUT2D eigenvalue weighted by atomic mass is 9.99. The van der Waals surface area contributed by atoms with E-state index in [1.165, 1.54) is 12.1 Å². The zero-order valence-corrected chi connectivity index (χ0v) is 16.7. The van der Waals surface area contributed by atoms with E-state index in [1.807, 2.05) is 54.6 Å². The van der Waals surface area contributed by atoms with Crippen LogP contribution in [-0.2, 0) is 10.0 Å². The number of non-ortho nitro benzene ring substituents is 1. The van der Waals surface area contributed by atoms with Crippen LogP contribution in [0.4, 0.5) is 5.69 Å². The molecule has 1 N–H and O–H groups in total. The zero-order chi connectivity index (χ0) is 21.3. The first-order valence-electron chi connectivity index (χ1n) is 8.97. The first-order valence-corrected chi connectivity index (χ1v) is 10.5. The Hall–Kier alpha value is -3.72. The number of methoxy groups -OCH3 is 1. The van der Waals surface area contributed by atoms with Crippen molar-refractivity contribution < 1.29 is 18.1 Å². The molecule has 3 aromatic carbocycles. The highest BCUT2D eigenvalue weighted by atomic mass is 32.2. The summed E-state index contributed by atoms with van der Waals surface area (Å²) in [6.45, 7) is 0. The van der Waals surface area contributed by atoms with Gasteiger partial charge in [-0.05, 0) is 29.3 Å². The van der Waals surface area contributed by atoms with E-state index in [9.17, 15) is 18.5 Å². The van der Waals surface area contributed by atoms with E-state index < -0.39 is 21.0 Å². The third-order valence-corrected chi connectivity index (χ3v) is 6.14. The fourth-order valence-electron chi connectivity index (χ4n) is 3.27. The van der Waals surface area contributed by atoms with Gasteiger partial charge in [-0.15, -0.1) is 0 Å². The van der Waals surface area contributed by atoms with Gasteiger partial charge < -0.3 is 4.74 Å². The molecule has 0 spiro atoms. The van der Waals surface area contributed by atoms with Gasteiger partial charge in [0.05, 0.1) is 12.0 Å². The Kier molecular flexibility index (Phi) is 4.96. The van der Waals surface area contributed by atoms with E-state index >= 15 is 0 Å². The zero-order valence-electron chi connectivity index (χ0n) is 15.8. The summed E-state index contributed by atoms with van der Waals surface area (Å²) in [5.41, 5.74) is 1.71. The van der Waals surface area contributed by atoms with Gasteiger partial charge in [-0.25, -0.2) is 8.42 Å². The molecule has 1 atom stereocenters. The van der Waals surface area contributed by atoms with Gasteiger partial charge in [0.1, 0.15) is 22.5 Å². The van der Waals surface area contributed by atoms with Gasteiger partial charge in [0.15, 0.2) is 0 Å². The first kappa shape index (κ1) is 19.6. The molecule has 0 unspecified atom stereocenters. The number of nitrogens with one attached hydrogen (secondary N) is 1. The topological polar surface area (TPSA) is 111 Å². The van der Waals surface area contributed by atoms with Crippen LogP contribution in [0, 0.1) is 10.1 Å². The summed E-state index contributed by atoms with van der Waals surface area (Å²) < 4.78 is 32.7. The van der Waals surface area contributed by atoms with Gasteiger partial charge in [-0.1, -0.05) is 42.5 Å². The lowest BCUT2D eigenvalue weighted by Crippen LogP contribution is -2.23. The van der Waals surface area contributed by atoms with Crippen LogP contribution in [0.5, 0.6) is 5.75 Å². The largest absolute Gasteiger partial charge is 0.497 e. The maximum Gasteiger partial charge on any atom is 0.270 e. The molecular weight excluding hydrogens is 406 g/mol. The van der Waals surface area contributed by atoms with Crippen LogP contribution in [0.25, 0.3) is 0 Å². The average Bonchev–Trinajstić information content (AvgIpc) is 3.02.